The van der Waals surface area contributed by atoms with Crippen LogP contribution in [0.3, 0.4) is 0 Å². The van der Waals surface area contributed by atoms with E-state index in [1.165, 1.54) is 0 Å². The monoisotopic (exact) mass is 276 g/mol. The van der Waals surface area contributed by atoms with Crippen LogP contribution in [0.25, 0.3) is 0 Å². The minimum Gasteiger partial charge on any atom is -0.488 e. The number of halogens is 2. The maximum Gasteiger partial charge on any atom is 0.125 e. The highest BCUT2D eigenvalue weighted by Gasteiger charge is 2.16. The average Bonchev–Trinajstić information content (AvgIpc) is 2.01. The van der Waals surface area contributed by atoms with Crippen molar-refractivity contribution in [3.05, 3.63) is 29.8 Å². The molecule has 1 aromatic carbocycles. The molecule has 1 aromatic rings. The molecule has 0 bridgehead atoms. The van der Waals surface area contributed by atoms with Crippen LogP contribution in [-0.4, -0.2) is 5.60 Å². The van der Waals surface area contributed by atoms with Crippen LogP contribution < -0.4 is 4.74 Å². The first-order valence-electron chi connectivity index (χ1n) is 4.46. The highest BCUT2D eigenvalue weighted by Crippen LogP contribution is 2.35. The molecule has 0 saturated heterocycles. The Morgan fingerprint density at radius 2 is 1.86 bits per heavy atom. The molecule has 3 heteroatoms. The first-order valence-corrected chi connectivity index (χ1v) is 5.81. The number of hydrogen-bond acceptors (Lipinski definition) is 1. The molecule has 1 rings (SSSR count). The second-order valence-electron chi connectivity index (χ2n) is 4.05. The minimum atomic E-state index is -0.207. The van der Waals surface area contributed by atoms with E-state index < -0.39 is 0 Å². The first-order chi connectivity index (χ1) is 6.40. The van der Waals surface area contributed by atoms with Gasteiger partial charge >= 0.3 is 0 Å². The van der Waals surface area contributed by atoms with Crippen molar-refractivity contribution < 1.29 is 4.74 Å². The van der Waals surface area contributed by atoms with Gasteiger partial charge in [0.1, 0.15) is 15.6 Å². The Labute approximate surface area is 98.5 Å². The Morgan fingerprint density at radius 3 is 2.36 bits per heavy atom. The van der Waals surface area contributed by atoms with Crippen molar-refractivity contribution in [1.82, 2.24) is 0 Å². The molecule has 0 aliphatic rings. The summed E-state index contributed by atoms with van der Waals surface area (Å²) >= 11 is 9.30. The van der Waals surface area contributed by atoms with Gasteiger partial charge in [-0.3, -0.25) is 0 Å². The fourth-order valence-electron chi connectivity index (χ4n) is 1.08. The third kappa shape index (κ3) is 3.50. The van der Waals surface area contributed by atoms with Gasteiger partial charge in [-0.2, -0.15) is 0 Å². The molecule has 1 atom stereocenters. The molecule has 0 N–H and O–H groups in total. The Hall–Kier alpha value is -0.210. The first kappa shape index (κ1) is 11.9. The fourth-order valence-corrected chi connectivity index (χ4v) is 1.64. The van der Waals surface area contributed by atoms with Crippen LogP contribution in [0.15, 0.2) is 24.3 Å². The van der Waals surface area contributed by atoms with Gasteiger partial charge in [-0.15, -0.1) is 11.6 Å². The molecular formula is C11H14BrClO. The minimum absolute atomic E-state index is 0.200. The summed E-state index contributed by atoms with van der Waals surface area (Å²) in [5.41, 5.74) is 0.763. The number of hydrogen-bond donors (Lipinski definition) is 0. The highest BCUT2D eigenvalue weighted by atomic mass is 79.9. The van der Waals surface area contributed by atoms with Gasteiger partial charge in [0.15, 0.2) is 0 Å². The summed E-state index contributed by atoms with van der Waals surface area (Å²) in [4.78, 5) is 0. The molecule has 0 saturated carbocycles. The topological polar surface area (TPSA) is 9.23 Å². The van der Waals surface area contributed by atoms with Gasteiger partial charge in [0.2, 0.25) is 0 Å². The van der Waals surface area contributed by atoms with E-state index in [1.807, 2.05) is 45.0 Å². The quantitative estimate of drug-likeness (QED) is 0.723. The van der Waals surface area contributed by atoms with E-state index >= 15 is 0 Å². The van der Waals surface area contributed by atoms with Gasteiger partial charge in [-0.05, 0) is 26.8 Å². The van der Waals surface area contributed by atoms with E-state index in [4.69, 9.17) is 16.3 Å². The third-order valence-electron chi connectivity index (χ3n) is 1.57. The predicted molar refractivity (Wildman–Crippen MR) is 64.3 cm³/mol. The molecule has 0 amide bonds. The standard InChI is InChI=1S/C11H14BrClO/c1-11(2,3)14-9-7-5-4-6-8(9)10(12)13/h4-7,10H,1-3H3. The number of alkyl halides is 2. The van der Waals surface area contributed by atoms with Crippen molar-refractivity contribution in [2.45, 2.75) is 30.7 Å². The van der Waals surface area contributed by atoms with Crippen molar-refractivity contribution in [3.8, 4) is 5.75 Å². The largest absolute Gasteiger partial charge is 0.488 e. The zero-order valence-electron chi connectivity index (χ0n) is 8.55. The third-order valence-corrected chi connectivity index (χ3v) is 2.30. The van der Waals surface area contributed by atoms with Crippen LogP contribution in [-0.2, 0) is 0 Å². The van der Waals surface area contributed by atoms with E-state index in [2.05, 4.69) is 15.9 Å². The Morgan fingerprint density at radius 1 is 1.29 bits per heavy atom. The maximum absolute atomic E-state index is 5.97. The molecule has 0 fully saturated rings. The Kier molecular flexibility index (Phi) is 3.85. The van der Waals surface area contributed by atoms with Crippen molar-refractivity contribution in [2.24, 2.45) is 0 Å². The smallest absolute Gasteiger partial charge is 0.125 e. The highest BCUT2D eigenvalue weighted by molar-refractivity contribution is 9.09. The zero-order chi connectivity index (χ0) is 10.8. The molecule has 0 aliphatic carbocycles. The predicted octanol–water partition coefficient (Wildman–Crippen LogP) is 4.50. The van der Waals surface area contributed by atoms with Crippen LogP contribution in [0.1, 0.15) is 30.6 Å². The second-order valence-corrected chi connectivity index (χ2v) is 5.93. The van der Waals surface area contributed by atoms with Gasteiger partial charge in [-0.25, -0.2) is 0 Å². The summed E-state index contributed by atoms with van der Waals surface area (Å²) in [6.45, 7) is 6.05. The van der Waals surface area contributed by atoms with Crippen LogP contribution in [0.5, 0.6) is 5.75 Å². The second kappa shape index (κ2) is 4.54. The molecule has 78 valence electrons. The van der Waals surface area contributed by atoms with E-state index in [-0.39, 0.29) is 9.89 Å². The van der Waals surface area contributed by atoms with Crippen molar-refractivity contribution in [2.75, 3.05) is 0 Å². The summed E-state index contributed by atoms with van der Waals surface area (Å²) in [6.07, 6.45) is 0. The Bertz CT molecular complexity index is 304. The lowest BCUT2D eigenvalue weighted by Gasteiger charge is -2.23. The average molecular weight is 278 g/mol. The molecule has 0 aromatic heterocycles. The summed E-state index contributed by atoms with van der Waals surface area (Å²) in [6, 6.07) is 7.77. The van der Waals surface area contributed by atoms with Gasteiger partial charge in [-0.1, -0.05) is 34.1 Å². The van der Waals surface area contributed by atoms with Gasteiger partial charge in [0.25, 0.3) is 0 Å². The van der Waals surface area contributed by atoms with Crippen molar-refractivity contribution in [1.29, 1.82) is 0 Å². The molecule has 0 spiro atoms. The lowest BCUT2D eigenvalue weighted by atomic mass is 10.1. The van der Waals surface area contributed by atoms with Crippen LogP contribution in [0.4, 0.5) is 0 Å². The number of ether oxygens (including phenoxy) is 1. The molecule has 14 heavy (non-hydrogen) atoms. The van der Waals surface area contributed by atoms with Crippen molar-refractivity contribution >= 4 is 27.5 Å². The van der Waals surface area contributed by atoms with Crippen LogP contribution in [0.2, 0.25) is 0 Å². The van der Waals surface area contributed by atoms with Gasteiger partial charge in [0, 0.05) is 5.56 Å². The molecule has 0 aliphatic heterocycles. The number of para-hydroxylation sites is 1. The number of rotatable bonds is 2. The maximum atomic E-state index is 5.97. The normalized spacial score (nSPS) is 13.8. The van der Waals surface area contributed by atoms with E-state index in [1.54, 1.807) is 0 Å². The van der Waals surface area contributed by atoms with E-state index in [0.717, 1.165) is 11.3 Å². The lowest BCUT2D eigenvalue weighted by Crippen LogP contribution is -2.23. The zero-order valence-corrected chi connectivity index (χ0v) is 10.9. The summed E-state index contributed by atoms with van der Waals surface area (Å²) < 4.78 is 5.57. The molecule has 1 nitrogen and oxygen atoms in total. The van der Waals surface area contributed by atoms with Gasteiger partial charge < -0.3 is 4.74 Å². The van der Waals surface area contributed by atoms with Crippen molar-refractivity contribution in [3.63, 3.8) is 0 Å². The van der Waals surface area contributed by atoms with Crippen LogP contribution >= 0.6 is 27.5 Å². The van der Waals surface area contributed by atoms with Gasteiger partial charge in [0.05, 0.1) is 0 Å². The van der Waals surface area contributed by atoms with Crippen LogP contribution in [0, 0.1) is 0 Å². The SMILES string of the molecule is CC(C)(C)Oc1ccccc1C(Cl)Br. The van der Waals surface area contributed by atoms with E-state index in [0.29, 0.717) is 0 Å². The summed E-state index contributed by atoms with van der Waals surface area (Å²) in [7, 11) is 0. The Balaban J connectivity index is 2.96. The lowest BCUT2D eigenvalue weighted by molar-refractivity contribution is 0.129. The summed E-state index contributed by atoms with van der Waals surface area (Å²) in [5.74, 6) is 0.830. The molecule has 1 unspecified atom stereocenters. The molecular weight excluding hydrogens is 263 g/mol. The fraction of sp³-hybridized carbons (Fsp3) is 0.455. The summed E-state index contributed by atoms with van der Waals surface area (Å²) in [5, 5.41) is 0. The van der Waals surface area contributed by atoms with E-state index in [9.17, 15) is 0 Å². The number of benzene rings is 1. The molecule has 0 heterocycles. The molecule has 0 radical (unpaired) electrons.